The highest BCUT2D eigenvalue weighted by Crippen LogP contribution is 2.23. The van der Waals surface area contributed by atoms with Crippen molar-refractivity contribution in [1.82, 2.24) is 4.98 Å². The highest BCUT2D eigenvalue weighted by atomic mass is 16.5. The average Bonchev–Trinajstić information content (AvgIpc) is 2.38. The maximum Gasteiger partial charge on any atom is 0.194 e. The minimum absolute atomic E-state index is 0.00796. The molecule has 96 valence electrons. The average molecular weight is 246 g/mol. The van der Waals surface area contributed by atoms with E-state index in [9.17, 15) is 4.79 Å². The summed E-state index contributed by atoms with van der Waals surface area (Å²) in [6, 6.07) is 5.42. The fourth-order valence-electron chi connectivity index (χ4n) is 2.12. The summed E-state index contributed by atoms with van der Waals surface area (Å²) in [5.41, 5.74) is 7.30. The van der Waals surface area contributed by atoms with Crippen molar-refractivity contribution in [2.45, 2.75) is 26.2 Å². The van der Waals surface area contributed by atoms with Crippen molar-refractivity contribution < 1.29 is 4.74 Å². The van der Waals surface area contributed by atoms with E-state index in [1.165, 1.54) is 0 Å². The number of methoxy groups -OCH3 is 1. The topological polar surface area (TPSA) is 68.1 Å². The maximum atomic E-state index is 12.4. The molecule has 1 aromatic heterocycles. The van der Waals surface area contributed by atoms with Gasteiger partial charge in [0.2, 0.25) is 0 Å². The van der Waals surface area contributed by atoms with E-state index in [0.717, 1.165) is 12.8 Å². The molecule has 2 aromatic rings. The smallest absolute Gasteiger partial charge is 0.194 e. The van der Waals surface area contributed by atoms with Crippen LogP contribution in [-0.2, 0) is 6.42 Å². The number of unbranched alkanes of at least 4 members (excludes halogenated alkanes) is 1. The molecule has 4 nitrogen and oxygen atoms in total. The van der Waals surface area contributed by atoms with Gasteiger partial charge in [-0.2, -0.15) is 0 Å². The highest BCUT2D eigenvalue weighted by Gasteiger charge is 2.11. The molecule has 0 radical (unpaired) electrons. The van der Waals surface area contributed by atoms with Crippen LogP contribution in [0.5, 0.6) is 5.75 Å². The molecule has 1 heterocycles. The van der Waals surface area contributed by atoms with Crippen molar-refractivity contribution in [2.24, 2.45) is 0 Å². The Morgan fingerprint density at radius 1 is 1.39 bits per heavy atom. The number of H-pyrrole nitrogens is 1. The lowest BCUT2D eigenvalue weighted by molar-refractivity contribution is 0.419. The van der Waals surface area contributed by atoms with Crippen molar-refractivity contribution in [3.63, 3.8) is 0 Å². The Labute approximate surface area is 106 Å². The first-order valence-corrected chi connectivity index (χ1v) is 6.16. The molecule has 0 fully saturated rings. The Hall–Kier alpha value is -1.97. The summed E-state index contributed by atoms with van der Waals surface area (Å²) >= 11 is 0. The molecule has 0 aliphatic carbocycles. The predicted molar refractivity (Wildman–Crippen MR) is 74.1 cm³/mol. The number of anilines is 1. The van der Waals surface area contributed by atoms with E-state index < -0.39 is 0 Å². The quantitative estimate of drug-likeness (QED) is 0.870. The molecular formula is C14H18N2O2. The van der Waals surface area contributed by atoms with Crippen molar-refractivity contribution in [3.05, 3.63) is 34.0 Å². The first-order valence-electron chi connectivity index (χ1n) is 6.16. The van der Waals surface area contributed by atoms with Crippen LogP contribution in [0.25, 0.3) is 10.9 Å². The van der Waals surface area contributed by atoms with Crippen LogP contribution in [0, 0.1) is 0 Å². The Morgan fingerprint density at radius 3 is 2.83 bits per heavy atom. The third kappa shape index (κ3) is 2.06. The number of aromatic nitrogens is 1. The Morgan fingerprint density at radius 2 is 2.17 bits per heavy atom. The van der Waals surface area contributed by atoms with Crippen LogP contribution < -0.4 is 15.9 Å². The summed E-state index contributed by atoms with van der Waals surface area (Å²) in [6.45, 7) is 2.09. The molecular weight excluding hydrogens is 228 g/mol. The maximum absolute atomic E-state index is 12.4. The Bertz CT molecular complexity index is 617. The molecule has 0 atom stereocenters. The van der Waals surface area contributed by atoms with E-state index >= 15 is 0 Å². The SMILES string of the molecule is CCCCc1c(N)[nH]c2c(OC)cccc2c1=O. The van der Waals surface area contributed by atoms with E-state index in [4.69, 9.17) is 10.5 Å². The van der Waals surface area contributed by atoms with E-state index in [1.807, 2.05) is 12.1 Å². The second-order valence-corrected chi connectivity index (χ2v) is 4.33. The number of nitrogen functional groups attached to an aromatic ring is 1. The second-order valence-electron chi connectivity index (χ2n) is 4.33. The van der Waals surface area contributed by atoms with Crippen LogP contribution in [0.2, 0.25) is 0 Å². The zero-order valence-corrected chi connectivity index (χ0v) is 10.7. The van der Waals surface area contributed by atoms with Crippen molar-refractivity contribution in [3.8, 4) is 5.75 Å². The molecule has 0 unspecified atom stereocenters. The van der Waals surface area contributed by atoms with Crippen molar-refractivity contribution >= 4 is 16.7 Å². The number of hydrogen-bond acceptors (Lipinski definition) is 3. The summed E-state index contributed by atoms with van der Waals surface area (Å²) in [6.07, 6.45) is 2.71. The van der Waals surface area contributed by atoms with E-state index in [1.54, 1.807) is 13.2 Å². The number of nitrogens with one attached hydrogen (secondary N) is 1. The first kappa shape index (κ1) is 12.5. The largest absolute Gasteiger partial charge is 0.495 e. The van der Waals surface area contributed by atoms with Gasteiger partial charge in [0.25, 0.3) is 0 Å². The molecule has 0 saturated carbocycles. The fourth-order valence-corrected chi connectivity index (χ4v) is 2.12. The molecule has 3 N–H and O–H groups in total. The van der Waals surface area contributed by atoms with Gasteiger partial charge in [0, 0.05) is 10.9 Å². The van der Waals surface area contributed by atoms with Crippen LogP contribution in [0.3, 0.4) is 0 Å². The molecule has 0 aliphatic rings. The molecule has 0 aliphatic heterocycles. The number of benzene rings is 1. The molecule has 0 bridgehead atoms. The second kappa shape index (κ2) is 5.12. The number of rotatable bonds is 4. The van der Waals surface area contributed by atoms with Crippen LogP contribution in [0.1, 0.15) is 25.3 Å². The minimum Gasteiger partial charge on any atom is -0.495 e. The zero-order valence-electron chi connectivity index (χ0n) is 10.7. The third-order valence-corrected chi connectivity index (χ3v) is 3.13. The van der Waals surface area contributed by atoms with Gasteiger partial charge in [0.05, 0.1) is 12.6 Å². The van der Waals surface area contributed by atoms with Gasteiger partial charge in [-0.15, -0.1) is 0 Å². The van der Waals surface area contributed by atoms with Gasteiger partial charge >= 0.3 is 0 Å². The third-order valence-electron chi connectivity index (χ3n) is 3.13. The van der Waals surface area contributed by atoms with Crippen LogP contribution >= 0.6 is 0 Å². The number of nitrogens with two attached hydrogens (primary N) is 1. The molecule has 0 saturated heterocycles. The molecule has 4 heteroatoms. The van der Waals surface area contributed by atoms with Crippen molar-refractivity contribution in [2.75, 3.05) is 12.8 Å². The van der Waals surface area contributed by atoms with Crippen LogP contribution in [0.4, 0.5) is 5.82 Å². The lowest BCUT2D eigenvalue weighted by atomic mass is 10.1. The van der Waals surface area contributed by atoms with Gasteiger partial charge in [0.1, 0.15) is 11.6 Å². The summed E-state index contributed by atoms with van der Waals surface area (Å²) in [5.74, 6) is 1.09. The zero-order chi connectivity index (χ0) is 13.1. The van der Waals surface area contributed by atoms with E-state index in [0.29, 0.717) is 34.5 Å². The summed E-state index contributed by atoms with van der Waals surface area (Å²) in [7, 11) is 1.58. The van der Waals surface area contributed by atoms with Crippen LogP contribution in [-0.4, -0.2) is 12.1 Å². The predicted octanol–water partition coefficient (Wildman–Crippen LogP) is 2.46. The van der Waals surface area contributed by atoms with Crippen LogP contribution in [0.15, 0.2) is 23.0 Å². The normalized spacial score (nSPS) is 10.8. The van der Waals surface area contributed by atoms with Gasteiger partial charge in [-0.1, -0.05) is 19.4 Å². The lowest BCUT2D eigenvalue weighted by Gasteiger charge is -2.09. The Kier molecular flexibility index (Phi) is 3.55. The summed E-state index contributed by atoms with van der Waals surface area (Å²) in [5, 5.41) is 0.634. The molecule has 0 spiro atoms. The lowest BCUT2D eigenvalue weighted by Crippen LogP contribution is -2.14. The minimum atomic E-state index is 0.00796. The first-order chi connectivity index (χ1) is 8.69. The number of hydrogen-bond donors (Lipinski definition) is 2. The molecule has 0 amide bonds. The summed E-state index contributed by atoms with van der Waals surface area (Å²) in [4.78, 5) is 15.4. The molecule has 2 rings (SSSR count). The molecule has 1 aromatic carbocycles. The number of aromatic amines is 1. The number of para-hydroxylation sites is 1. The van der Waals surface area contributed by atoms with E-state index in [-0.39, 0.29) is 5.43 Å². The molecule has 18 heavy (non-hydrogen) atoms. The van der Waals surface area contributed by atoms with Crippen molar-refractivity contribution in [1.29, 1.82) is 0 Å². The standard InChI is InChI=1S/C14H18N2O2/c1-3-4-6-10-13(17)9-7-5-8-11(18-2)12(9)16-14(10)15/h5,7-8H,3-4,6H2,1-2H3,(H3,15,16,17). The monoisotopic (exact) mass is 246 g/mol. The Balaban J connectivity index is 2.67. The van der Waals surface area contributed by atoms with Gasteiger partial charge < -0.3 is 15.5 Å². The van der Waals surface area contributed by atoms with Gasteiger partial charge in [0.15, 0.2) is 5.43 Å². The van der Waals surface area contributed by atoms with Gasteiger partial charge in [-0.3, -0.25) is 4.79 Å². The van der Waals surface area contributed by atoms with Gasteiger partial charge in [-0.25, -0.2) is 0 Å². The number of pyridine rings is 1. The van der Waals surface area contributed by atoms with Gasteiger partial charge in [-0.05, 0) is 25.0 Å². The highest BCUT2D eigenvalue weighted by molar-refractivity contribution is 5.86. The fraction of sp³-hybridized carbons (Fsp3) is 0.357. The number of ether oxygens (including phenoxy) is 1. The van der Waals surface area contributed by atoms with E-state index in [2.05, 4.69) is 11.9 Å². The summed E-state index contributed by atoms with van der Waals surface area (Å²) < 4.78 is 5.23. The number of fused-ring (bicyclic) bond motifs is 1.